The van der Waals surface area contributed by atoms with Gasteiger partial charge in [0.15, 0.2) is 22.7 Å². The number of carbonyl (C=O) groups is 1. The number of nitriles is 1. The lowest BCUT2D eigenvalue weighted by atomic mass is 9.94. The molecule has 1 saturated carbocycles. The Balaban J connectivity index is 1.58. The van der Waals surface area contributed by atoms with Crippen molar-refractivity contribution in [3.63, 3.8) is 0 Å². The molecule has 1 amide bonds. The molecule has 1 saturated heterocycles. The van der Waals surface area contributed by atoms with Crippen molar-refractivity contribution in [2.24, 2.45) is 0 Å². The molecule has 0 radical (unpaired) electrons. The van der Waals surface area contributed by atoms with Gasteiger partial charge >= 0.3 is 6.18 Å². The molecule has 1 unspecified atom stereocenters. The Morgan fingerprint density at radius 1 is 1.14 bits per heavy atom. The highest BCUT2D eigenvalue weighted by molar-refractivity contribution is 7.81. The van der Waals surface area contributed by atoms with Crippen LogP contribution in [0.3, 0.4) is 0 Å². The van der Waals surface area contributed by atoms with E-state index < -0.39 is 34.9 Å². The van der Waals surface area contributed by atoms with Crippen molar-refractivity contribution in [1.29, 1.82) is 5.26 Å². The first-order chi connectivity index (χ1) is 16.7. The highest BCUT2D eigenvalue weighted by atomic mass is 32.1. The third-order valence-electron chi connectivity index (χ3n) is 6.64. The van der Waals surface area contributed by atoms with Crippen molar-refractivity contribution >= 4 is 34.6 Å². The van der Waals surface area contributed by atoms with Gasteiger partial charge in [-0.3, -0.25) is 9.69 Å². The van der Waals surface area contributed by atoms with Crippen LogP contribution in [-0.2, 0) is 11.0 Å². The van der Waals surface area contributed by atoms with Crippen LogP contribution in [0.5, 0.6) is 11.5 Å². The number of fused-ring (bicyclic) bond motifs is 1. The Bertz CT molecular complexity index is 1250. The number of benzene rings is 2. The second kappa shape index (κ2) is 8.39. The van der Waals surface area contributed by atoms with Crippen LogP contribution in [0.25, 0.3) is 0 Å². The number of hydrogen-bond donors (Lipinski definition) is 1. The number of aliphatic hydroxyl groups is 1. The average molecular weight is 504 g/mol. The highest BCUT2D eigenvalue weighted by Crippen LogP contribution is 2.48. The van der Waals surface area contributed by atoms with Crippen LogP contribution in [0.15, 0.2) is 36.4 Å². The lowest BCUT2D eigenvalue weighted by molar-refractivity contribution is -0.137. The summed E-state index contributed by atoms with van der Waals surface area (Å²) in [5.41, 5.74) is -2.16. The van der Waals surface area contributed by atoms with Crippen LogP contribution in [0, 0.1) is 11.3 Å². The molecule has 2 aliphatic heterocycles. The van der Waals surface area contributed by atoms with Crippen molar-refractivity contribution in [3.05, 3.63) is 47.5 Å². The maximum absolute atomic E-state index is 13.8. The summed E-state index contributed by atoms with van der Waals surface area (Å²) in [6, 6.07) is 9.78. The molecule has 7 nitrogen and oxygen atoms in total. The van der Waals surface area contributed by atoms with Gasteiger partial charge in [0, 0.05) is 11.8 Å². The predicted molar refractivity (Wildman–Crippen MR) is 123 cm³/mol. The topological polar surface area (TPSA) is 86.0 Å². The number of hydrogen-bond acceptors (Lipinski definition) is 6. The summed E-state index contributed by atoms with van der Waals surface area (Å²) < 4.78 is 52.2. The number of halogens is 3. The van der Waals surface area contributed by atoms with E-state index in [2.05, 4.69) is 0 Å². The summed E-state index contributed by atoms with van der Waals surface area (Å²) in [6.45, 7) is -0.0481. The molecule has 1 aliphatic carbocycles. The molecule has 1 atom stereocenters. The number of carbonyl (C=O) groups excluding carboxylic acids is 1. The van der Waals surface area contributed by atoms with Crippen LogP contribution < -0.4 is 19.3 Å². The molecule has 3 aliphatic rings. The van der Waals surface area contributed by atoms with Gasteiger partial charge in [-0.25, -0.2) is 0 Å². The molecule has 5 rings (SSSR count). The summed E-state index contributed by atoms with van der Waals surface area (Å²) in [7, 11) is 0. The Hall–Kier alpha value is -3.36. The van der Waals surface area contributed by atoms with Crippen LogP contribution >= 0.6 is 12.2 Å². The molecular formula is C24H20F3N3O4S. The third-order valence-corrected chi connectivity index (χ3v) is 7.00. The zero-order valence-corrected chi connectivity index (χ0v) is 19.2. The molecule has 0 aromatic heterocycles. The zero-order chi connectivity index (χ0) is 25.0. The van der Waals surface area contributed by atoms with Gasteiger partial charge in [0.1, 0.15) is 12.1 Å². The van der Waals surface area contributed by atoms with Gasteiger partial charge < -0.3 is 19.5 Å². The van der Waals surface area contributed by atoms with Gasteiger partial charge in [0.05, 0.1) is 29.5 Å². The van der Waals surface area contributed by atoms with Crippen LogP contribution in [0.1, 0.15) is 36.8 Å². The van der Waals surface area contributed by atoms with E-state index in [1.165, 1.54) is 6.07 Å². The van der Waals surface area contributed by atoms with Gasteiger partial charge in [-0.05, 0) is 55.4 Å². The molecule has 2 heterocycles. The number of rotatable bonds is 3. The SMILES string of the molecule is N#Cc1ccc(N2C(=O)C3(CCCC3)N(c3ccc4c(c3)OCC(CO)O4)C2=S)cc1C(F)(F)F. The zero-order valence-electron chi connectivity index (χ0n) is 18.3. The largest absolute Gasteiger partial charge is 0.486 e. The molecule has 1 spiro atoms. The minimum atomic E-state index is -4.77. The van der Waals surface area contributed by atoms with Gasteiger partial charge in [-0.2, -0.15) is 18.4 Å². The first-order valence-electron chi connectivity index (χ1n) is 11.0. The normalized spacial score (nSPS) is 21.1. The number of ether oxygens (including phenoxy) is 2. The Morgan fingerprint density at radius 3 is 2.51 bits per heavy atom. The summed E-state index contributed by atoms with van der Waals surface area (Å²) in [4.78, 5) is 16.6. The lowest BCUT2D eigenvalue weighted by Gasteiger charge is -2.33. The summed E-state index contributed by atoms with van der Waals surface area (Å²) in [6.07, 6.45) is -2.74. The predicted octanol–water partition coefficient (Wildman–Crippen LogP) is 4.16. The second-order valence-corrected chi connectivity index (χ2v) is 9.07. The van der Waals surface area contributed by atoms with E-state index in [0.717, 1.165) is 29.9 Å². The fraction of sp³-hybridized carbons (Fsp3) is 0.375. The quantitative estimate of drug-likeness (QED) is 0.630. The smallest absolute Gasteiger partial charge is 0.417 e. The first kappa shape index (κ1) is 23.4. The fourth-order valence-electron chi connectivity index (χ4n) is 4.99. The molecule has 2 aromatic rings. The number of thiocarbonyl (C=S) groups is 1. The van der Waals surface area contributed by atoms with E-state index in [1.54, 1.807) is 29.2 Å². The number of aliphatic hydroxyl groups excluding tert-OH is 1. The molecule has 0 bridgehead atoms. The molecule has 182 valence electrons. The standard InChI is InChI=1S/C24H20F3N3O4S/c25-24(26,27)18-9-15(4-3-14(18)11-28)29-21(32)23(7-1-2-8-23)30(22(29)35)16-5-6-19-20(10-16)33-13-17(12-31)34-19/h3-6,9-10,17,31H,1-2,7-8,12-13H2. The molecule has 11 heteroatoms. The minimum absolute atomic E-state index is 0.0385. The van der Waals surface area contributed by atoms with E-state index in [1.807, 2.05) is 0 Å². The molecule has 35 heavy (non-hydrogen) atoms. The summed E-state index contributed by atoms with van der Waals surface area (Å²) >= 11 is 5.68. The third kappa shape index (κ3) is 3.68. The molecule has 2 aromatic carbocycles. The second-order valence-electron chi connectivity index (χ2n) is 8.70. The number of anilines is 2. The number of amides is 1. The number of alkyl halides is 3. The Kier molecular flexibility index (Phi) is 5.61. The van der Waals surface area contributed by atoms with Crippen molar-refractivity contribution in [1.82, 2.24) is 0 Å². The first-order valence-corrected chi connectivity index (χ1v) is 11.4. The fourth-order valence-corrected chi connectivity index (χ4v) is 5.46. The monoisotopic (exact) mass is 503 g/mol. The van der Waals surface area contributed by atoms with Crippen LogP contribution in [-0.4, -0.2) is 41.0 Å². The van der Waals surface area contributed by atoms with Crippen LogP contribution in [0.4, 0.5) is 24.5 Å². The van der Waals surface area contributed by atoms with Crippen molar-refractivity contribution in [2.45, 2.75) is 43.5 Å². The lowest BCUT2D eigenvalue weighted by Crippen LogP contribution is -2.47. The molecular weight excluding hydrogens is 483 g/mol. The van der Waals surface area contributed by atoms with E-state index in [0.29, 0.717) is 30.0 Å². The average Bonchev–Trinajstić information content (AvgIpc) is 3.41. The van der Waals surface area contributed by atoms with E-state index >= 15 is 0 Å². The highest BCUT2D eigenvalue weighted by Gasteiger charge is 2.57. The van der Waals surface area contributed by atoms with E-state index in [9.17, 15) is 23.1 Å². The van der Waals surface area contributed by atoms with Crippen molar-refractivity contribution < 1.29 is 32.5 Å². The van der Waals surface area contributed by atoms with Crippen molar-refractivity contribution in [3.8, 4) is 17.6 Å². The Morgan fingerprint density at radius 2 is 1.86 bits per heavy atom. The summed E-state index contributed by atoms with van der Waals surface area (Å²) in [5.74, 6) is 0.467. The van der Waals surface area contributed by atoms with E-state index in [-0.39, 0.29) is 24.0 Å². The van der Waals surface area contributed by atoms with Crippen LogP contribution in [0.2, 0.25) is 0 Å². The van der Waals surface area contributed by atoms with Gasteiger partial charge in [0.2, 0.25) is 0 Å². The maximum atomic E-state index is 13.8. The number of nitrogens with zero attached hydrogens (tertiary/aromatic N) is 3. The van der Waals surface area contributed by atoms with Gasteiger partial charge in [0.25, 0.3) is 5.91 Å². The molecule has 1 N–H and O–H groups in total. The van der Waals surface area contributed by atoms with Crippen molar-refractivity contribution in [2.75, 3.05) is 23.0 Å². The minimum Gasteiger partial charge on any atom is -0.486 e. The van der Waals surface area contributed by atoms with Gasteiger partial charge in [-0.15, -0.1) is 0 Å². The molecule has 2 fully saturated rings. The Labute approximate surface area is 204 Å². The summed E-state index contributed by atoms with van der Waals surface area (Å²) in [5, 5.41) is 18.5. The maximum Gasteiger partial charge on any atom is 0.417 e. The van der Waals surface area contributed by atoms with E-state index in [4.69, 9.17) is 27.0 Å². The van der Waals surface area contributed by atoms with Gasteiger partial charge in [-0.1, -0.05) is 12.8 Å².